The van der Waals surface area contributed by atoms with Gasteiger partial charge in [-0.25, -0.2) is 9.97 Å². The standard InChI is InChI=1S/C15H28N4OS/c1-7-16-14-12(5)15(19-13(18-14)10(2)3)17-9-8-11(4)21(6)20/h10-11H,7-9H2,1-6H3,(H2,16,17,18,19). The van der Waals surface area contributed by atoms with Crippen LogP contribution in [0, 0.1) is 6.92 Å². The van der Waals surface area contributed by atoms with Crippen LogP contribution in [0.1, 0.15) is 51.4 Å². The van der Waals surface area contributed by atoms with Crippen LogP contribution in [0.3, 0.4) is 0 Å². The Morgan fingerprint density at radius 2 is 1.71 bits per heavy atom. The maximum absolute atomic E-state index is 11.4. The molecule has 2 unspecified atom stereocenters. The molecule has 0 aromatic carbocycles. The van der Waals surface area contributed by atoms with Gasteiger partial charge in [0.1, 0.15) is 17.5 Å². The van der Waals surface area contributed by atoms with Crippen LogP contribution in [-0.2, 0) is 10.8 Å². The zero-order valence-electron chi connectivity index (χ0n) is 14.0. The average molecular weight is 312 g/mol. The lowest BCUT2D eigenvalue weighted by molar-refractivity contribution is 0.672. The van der Waals surface area contributed by atoms with E-state index in [1.807, 2.05) is 13.8 Å². The van der Waals surface area contributed by atoms with Crippen LogP contribution in [0.5, 0.6) is 0 Å². The summed E-state index contributed by atoms with van der Waals surface area (Å²) in [6.45, 7) is 11.9. The van der Waals surface area contributed by atoms with Crippen LogP contribution < -0.4 is 10.6 Å². The summed E-state index contributed by atoms with van der Waals surface area (Å²) in [5, 5.41) is 6.85. The molecule has 0 fully saturated rings. The van der Waals surface area contributed by atoms with Gasteiger partial charge < -0.3 is 10.6 Å². The maximum Gasteiger partial charge on any atom is 0.135 e. The van der Waals surface area contributed by atoms with E-state index in [4.69, 9.17) is 0 Å². The quantitative estimate of drug-likeness (QED) is 0.772. The molecule has 0 saturated carbocycles. The van der Waals surface area contributed by atoms with E-state index in [1.165, 1.54) is 0 Å². The third kappa shape index (κ3) is 5.26. The first-order valence-electron chi connectivity index (χ1n) is 7.55. The van der Waals surface area contributed by atoms with Crippen molar-refractivity contribution in [3.63, 3.8) is 0 Å². The molecule has 0 aliphatic rings. The molecule has 2 atom stereocenters. The number of hydrogen-bond acceptors (Lipinski definition) is 5. The minimum absolute atomic E-state index is 0.192. The van der Waals surface area contributed by atoms with Gasteiger partial charge in [0.05, 0.1) is 0 Å². The molecular formula is C15H28N4OS. The third-order valence-corrected chi connectivity index (χ3v) is 4.80. The van der Waals surface area contributed by atoms with Crippen molar-refractivity contribution in [2.45, 2.75) is 52.2 Å². The Morgan fingerprint density at radius 3 is 2.19 bits per heavy atom. The van der Waals surface area contributed by atoms with Crippen LogP contribution in [0.2, 0.25) is 0 Å². The number of nitrogens with zero attached hydrogens (tertiary/aromatic N) is 2. The Labute approximate surface area is 130 Å². The summed E-state index contributed by atoms with van der Waals surface area (Å²) < 4.78 is 11.4. The van der Waals surface area contributed by atoms with Gasteiger partial charge in [-0.2, -0.15) is 0 Å². The molecule has 1 aromatic rings. The first-order chi connectivity index (χ1) is 9.86. The number of rotatable bonds is 8. The van der Waals surface area contributed by atoms with Gasteiger partial charge in [0.25, 0.3) is 0 Å². The molecule has 1 rings (SSSR count). The van der Waals surface area contributed by atoms with Crippen LogP contribution in [0.15, 0.2) is 0 Å². The van der Waals surface area contributed by atoms with Crippen molar-refractivity contribution in [2.75, 3.05) is 30.0 Å². The van der Waals surface area contributed by atoms with Crippen LogP contribution in [-0.4, -0.2) is 38.8 Å². The molecule has 0 bridgehead atoms. The van der Waals surface area contributed by atoms with E-state index in [2.05, 4.69) is 41.4 Å². The zero-order valence-corrected chi connectivity index (χ0v) is 14.8. The molecule has 0 amide bonds. The maximum atomic E-state index is 11.4. The monoisotopic (exact) mass is 312 g/mol. The van der Waals surface area contributed by atoms with Crippen LogP contribution >= 0.6 is 0 Å². The fourth-order valence-electron chi connectivity index (χ4n) is 1.86. The number of aromatic nitrogens is 2. The van der Waals surface area contributed by atoms with Gasteiger partial charge in [0.2, 0.25) is 0 Å². The summed E-state index contributed by atoms with van der Waals surface area (Å²) in [5.41, 5.74) is 1.03. The molecule has 6 heteroatoms. The highest BCUT2D eigenvalue weighted by Crippen LogP contribution is 2.23. The highest BCUT2D eigenvalue weighted by atomic mass is 32.2. The van der Waals surface area contributed by atoms with Gasteiger partial charge in [0, 0.05) is 46.9 Å². The van der Waals surface area contributed by atoms with Crippen LogP contribution in [0.4, 0.5) is 11.6 Å². The van der Waals surface area contributed by atoms with E-state index < -0.39 is 10.8 Å². The molecular weight excluding hydrogens is 284 g/mol. The largest absolute Gasteiger partial charge is 0.370 e. The van der Waals surface area contributed by atoms with Crippen molar-refractivity contribution in [2.24, 2.45) is 0 Å². The molecule has 2 N–H and O–H groups in total. The van der Waals surface area contributed by atoms with E-state index in [0.29, 0.717) is 0 Å². The third-order valence-electron chi connectivity index (χ3n) is 3.43. The van der Waals surface area contributed by atoms with Gasteiger partial charge in [-0.1, -0.05) is 20.8 Å². The fraction of sp³-hybridized carbons (Fsp3) is 0.733. The van der Waals surface area contributed by atoms with Crippen molar-refractivity contribution >= 4 is 22.4 Å². The lowest BCUT2D eigenvalue weighted by Gasteiger charge is -2.16. The van der Waals surface area contributed by atoms with Gasteiger partial charge in [-0.3, -0.25) is 4.21 Å². The first kappa shape index (κ1) is 17.9. The summed E-state index contributed by atoms with van der Waals surface area (Å²) in [6.07, 6.45) is 2.61. The Kier molecular flexibility index (Phi) is 7.08. The van der Waals surface area contributed by atoms with Gasteiger partial charge in [0.15, 0.2) is 0 Å². The highest BCUT2D eigenvalue weighted by Gasteiger charge is 2.13. The Morgan fingerprint density at radius 1 is 1.14 bits per heavy atom. The second kappa shape index (κ2) is 8.32. The van der Waals surface area contributed by atoms with Gasteiger partial charge >= 0.3 is 0 Å². The highest BCUT2D eigenvalue weighted by molar-refractivity contribution is 7.84. The Bertz CT molecular complexity index is 491. The van der Waals surface area contributed by atoms with Crippen molar-refractivity contribution in [3.05, 3.63) is 11.4 Å². The molecule has 0 aliphatic heterocycles. The van der Waals surface area contributed by atoms with E-state index in [-0.39, 0.29) is 11.2 Å². The lowest BCUT2D eigenvalue weighted by Crippen LogP contribution is -2.17. The first-order valence-corrected chi connectivity index (χ1v) is 9.17. The normalized spacial score (nSPS) is 14.0. The molecule has 0 radical (unpaired) electrons. The summed E-state index contributed by atoms with van der Waals surface area (Å²) in [4.78, 5) is 9.20. The molecule has 120 valence electrons. The van der Waals surface area contributed by atoms with Crippen LogP contribution in [0.25, 0.3) is 0 Å². The summed E-state index contributed by atoms with van der Waals surface area (Å²) >= 11 is 0. The Hall–Kier alpha value is -1.17. The van der Waals surface area contributed by atoms with Gasteiger partial charge in [-0.05, 0) is 20.3 Å². The van der Waals surface area contributed by atoms with E-state index in [9.17, 15) is 4.21 Å². The fourth-order valence-corrected chi connectivity index (χ4v) is 2.31. The zero-order chi connectivity index (χ0) is 16.0. The van der Waals surface area contributed by atoms with E-state index in [1.54, 1.807) is 6.26 Å². The predicted octanol–water partition coefficient (Wildman–Crippen LogP) is 2.91. The second-order valence-corrected chi connectivity index (χ2v) is 7.42. The lowest BCUT2D eigenvalue weighted by atomic mass is 10.2. The number of anilines is 2. The van der Waals surface area contributed by atoms with E-state index in [0.717, 1.165) is 42.5 Å². The average Bonchev–Trinajstić information content (AvgIpc) is 2.42. The van der Waals surface area contributed by atoms with Crippen molar-refractivity contribution < 1.29 is 4.21 Å². The Balaban J connectivity index is 2.86. The molecule has 0 saturated heterocycles. The molecule has 1 aromatic heterocycles. The van der Waals surface area contributed by atoms with Crippen molar-refractivity contribution in [1.29, 1.82) is 0 Å². The second-order valence-electron chi connectivity index (χ2n) is 5.61. The molecule has 0 aliphatic carbocycles. The van der Waals surface area contributed by atoms with E-state index >= 15 is 0 Å². The molecule has 21 heavy (non-hydrogen) atoms. The summed E-state index contributed by atoms with van der Waals surface area (Å²) in [5.74, 6) is 2.89. The molecule has 1 heterocycles. The van der Waals surface area contributed by atoms with Crippen molar-refractivity contribution in [1.82, 2.24) is 9.97 Å². The van der Waals surface area contributed by atoms with Crippen molar-refractivity contribution in [3.8, 4) is 0 Å². The molecule has 0 spiro atoms. The number of nitrogens with one attached hydrogen (secondary N) is 2. The smallest absolute Gasteiger partial charge is 0.135 e. The van der Waals surface area contributed by atoms with Gasteiger partial charge in [-0.15, -0.1) is 0 Å². The topological polar surface area (TPSA) is 66.9 Å². The minimum Gasteiger partial charge on any atom is -0.370 e. The summed E-state index contributed by atoms with van der Waals surface area (Å²) in [6, 6.07) is 0. The SMILES string of the molecule is CCNc1nc(C(C)C)nc(NCCC(C)S(C)=O)c1C. The predicted molar refractivity (Wildman–Crippen MR) is 91.7 cm³/mol. The number of hydrogen-bond donors (Lipinski definition) is 2. The molecule has 5 nitrogen and oxygen atoms in total. The summed E-state index contributed by atoms with van der Waals surface area (Å²) in [7, 11) is -0.778. The minimum atomic E-state index is -0.778.